The molecular formula is C32H34ClN3O8S. The molecule has 0 radical (unpaired) electrons. The molecule has 2 aliphatic rings. The molecule has 1 aliphatic heterocycles. The molecule has 3 aromatic rings. The minimum atomic E-state index is -3.60. The molecule has 0 bridgehead atoms. The number of amides is 2. The number of carboxylic acid groups (broad SMARTS) is 1. The van der Waals surface area contributed by atoms with Crippen molar-refractivity contribution in [2.75, 3.05) is 13.4 Å². The summed E-state index contributed by atoms with van der Waals surface area (Å²) in [7, 11) is -2.12. The lowest BCUT2D eigenvalue weighted by atomic mass is 9.76. The fourth-order valence-electron chi connectivity index (χ4n) is 6.28. The Kier molecular flexibility index (Phi) is 9.78. The highest BCUT2D eigenvalue weighted by molar-refractivity contribution is 7.88. The van der Waals surface area contributed by atoms with Crippen LogP contribution in [0.3, 0.4) is 0 Å². The van der Waals surface area contributed by atoms with Gasteiger partial charge in [-0.25, -0.2) is 23.4 Å². The van der Waals surface area contributed by atoms with E-state index >= 15 is 0 Å². The first kappa shape index (κ1) is 32.4. The van der Waals surface area contributed by atoms with Gasteiger partial charge in [0, 0.05) is 22.7 Å². The molecular weight excluding hydrogens is 622 g/mol. The van der Waals surface area contributed by atoms with Crippen molar-refractivity contribution in [2.45, 2.75) is 56.3 Å². The number of carbonyl (C=O) groups excluding carboxylic acids is 2. The highest BCUT2D eigenvalue weighted by atomic mass is 35.5. The standard InChI is InChI=1S/C32H34ClN3O8S/c1-43-23-14-15-24-25(17-23)28(30(37)34-44-18-19-6-5-7-21(16-19)32(39)40)29(20-10-12-22(33)13-11-20)36(31(24)38)27-9-4-3-8-26(27)35-45(2,41)42/h5-7,10-17,26-29,35H,3-4,8-9,18H2,1-2H3,(H,34,37)(H,39,40)/t26-,27?,28+,29-/m0/s1. The van der Waals surface area contributed by atoms with Crippen molar-refractivity contribution in [2.24, 2.45) is 0 Å². The van der Waals surface area contributed by atoms with Crippen LogP contribution in [0.4, 0.5) is 0 Å². The Bertz CT molecular complexity index is 1700. The molecule has 11 nitrogen and oxygen atoms in total. The molecule has 0 saturated heterocycles. The minimum Gasteiger partial charge on any atom is -0.497 e. The number of rotatable bonds is 10. The summed E-state index contributed by atoms with van der Waals surface area (Å²) in [6, 6.07) is 15.9. The van der Waals surface area contributed by atoms with Crippen molar-refractivity contribution in [3.05, 3.63) is 99.6 Å². The van der Waals surface area contributed by atoms with Gasteiger partial charge in [-0.3, -0.25) is 14.4 Å². The Labute approximate surface area is 266 Å². The third-order valence-corrected chi connectivity index (χ3v) is 9.19. The van der Waals surface area contributed by atoms with Crippen LogP contribution in [0.25, 0.3) is 0 Å². The highest BCUT2D eigenvalue weighted by Gasteiger charge is 2.49. The summed E-state index contributed by atoms with van der Waals surface area (Å²) in [6.07, 6.45) is 3.70. The number of halogens is 1. The van der Waals surface area contributed by atoms with Gasteiger partial charge in [-0.15, -0.1) is 0 Å². The Balaban J connectivity index is 1.58. The van der Waals surface area contributed by atoms with Crippen LogP contribution in [-0.2, 0) is 26.3 Å². The average molecular weight is 656 g/mol. The lowest BCUT2D eigenvalue weighted by molar-refractivity contribution is -0.138. The molecule has 3 N–H and O–H groups in total. The number of carboxylic acids is 1. The molecule has 1 aliphatic carbocycles. The predicted molar refractivity (Wildman–Crippen MR) is 166 cm³/mol. The van der Waals surface area contributed by atoms with Crippen molar-refractivity contribution in [3.63, 3.8) is 0 Å². The van der Waals surface area contributed by atoms with Crippen molar-refractivity contribution < 1.29 is 37.5 Å². The van der Waals surface area contributed by atoms with E-state index in [0.717, 1.165) is 19.1 Å². The largest absolute Gasteiger partial charge is 0.497 e. The zero-order valence-corrected chi connectivity index (χ0v) is 26.3. The first-order valence-corrected chi connectivity index (χ1v) is 16.7. The minimum absolute atomic E-state index is 0.0809. The summed E-state index contributed by atoms with van der Waals surface area (Å²) in [6.45, 7) is -0.109. The Morgan fingerprint density at radius 1 is 1.04 bits per heavy atom. The summed E-state index contributed by atoms with van der Waals surface area (Å²) in [4.78, 5) is 47.2. The second-order valence-electron chi connectivity index (χ2n) is 11.2. The number of aromatic carboxylic acids is 1. The quantitative estimate of drug-likeness (QED) is 0.271. The second kappa shape index (κ2) is 13.6. The van der Waals surface area contributed by atoms with Gasteiger partial charge in [-0.1, -0.05) is 48.7 Å². The van der Waals surface area contributed by atoms with E-state index in [1.807, 2.05) is 0 Å². The number of methoxy groups -OCH3 is 1. The first-order valence-electron chi connectivity index (χ1n) is 14.4. The van der Waals surface area contributed by atoms with Crippen molar-refractivity contribution >= 4 is 39.4 Å². The monoisotopic (exact) mass is 655 g/mol. The molecule has 0 aromatic heterocycles. The van der Waals surface area contributed by atoms with Gasteiger partial charge in [0.1, 0.15) is 5.75 Å². The van der Waals surface area contributed by atoms with Crippen LogP contribution in [-0.4, -0.2) is 61.7 Å². The number of nitrogens with one attached hydrogen (secondary N) is 2. The molecule has 1 saturated carbocycles. The summed E-state index contributed by atoms with van der Waals surface area (Å²) in [5.74, 6) is -2.53. The van der Waals surface area contributed by atoms with E-state index in [9.17, 15) is 27.9 Å². The SMILES string of the molecule is COc1ccc2c(c1)[C@@H](C(=O)NOCc1cccc(C(=O)O)c1)[C@H](c1ccc(Cl)cc1)N(C1CCCC[C@@H]1NS(C)(=O)=O)C2=O. The highest BCUT2D eigenvalue weighted by Crippen LogP contribution is 2.47. The number of hydroxylamine groups is 1. The number of fused-ring (bicyclic) bond motifs is 1. The predicted octanol–water partition coefficient (Wildman–Crippen LogP) is 4.44. The van der Waals surface area contributed by atoms with Crippen LogP contribution < -0.4 is 14.9 Å². The van der Waals surface area contributed by atoms with Gasteiger partial charge in [-0.2, -0.15) is 0 Å². The topological polar surface area (TPSA) is 151 Å². The molecule has 13 heteroatoms. The molecule has 4 atom stereocenters. The number of nitrogens with zero attached hydrogens (tertiary/aromatic N) is 1. The molecule has 1 heterocycles. The van der Waals surface area contributed by atoms with Gasteiger partial charge >= 0.3 is 5.97 Å². The summed E-state index contributed by atoms with van der Waals surface area (Å²) in [5.41, 5.74) is 4.48. The normalized spacial score (nSPS) is 21.6. The van der Waals surface area contributed by atoms with Crippen LogP contribution in [0.1, 0.15) is 75.0 Å². The van der Waals surface area contributed by atoms with Gasteiger partial charge in [0.2, 0.25) is 10.0 Å². The number of sulfonamides is 1. The maximum absolute atomic E-state index is 14.4. The van der Waals surface area contributed by atoms with Crippen LogP contribution in [0.2, 0.25) is 5.02 Å². The third kappa shape index (κ3) is 7.30. The van der Waals surface area contributed by atoms with E-state index in [1.165, 1.54) is 19.2 Å². The third-order valence-electron chi connectivity index (χ3n) is 8.21. The maximum atomic E-state index is 14.4. The number of hydrogen-bond acceptors (Lipinski definition) is 7. The molecule has 0 spiro atoms. The summed E-state index contributed by atoms with van der Waals surface area (Å²) in [5, 5.41) is 9.79. The lowest BCUT2D eigenvalue weighted by Crippen LogP contribution is -2.59. The lowest BCUT2D eigenvalue weighted by Gasteiger charge is -2.49. The number of benzene rings is 3. The van der Waals surface area contributed by atoms with E-state index in [0.29, 0.717) is 45.9 Å². The van der Waals surface area contributed by atoms with Crippen molar-refractivity contribution in [1.29, 1.82) is 0 Å². The first-order chi connectivity index (χ1) is 21.5. The van der Waals surface area contributed by atoms with Gasteiger partial charge in [0.05, 0.1) is 37.5 Å². The van der Waals surface area contributed by atoms with Crippen molar-refractivity contribution in [3.8, 4) is 5.75 Å². The van der Waals surface area contributed by atoms with E-state index in [-0.39, 0.29) is 18.1 Å². The summed E-state index contributed by atoms with van der Waals surface area (Å²) < 4.78 is 32.9. The van der Waals surface area contributed by atoms with Gasteiger partial charge < -0.3 is 14.7 Å². The Morgan fingerprint density at radius 3 is 2.47 bits per heavy atom. The zero-order chi connectivity index (χ0) is 32.3. The number of carbonyl (C=O) groups is 3. The van der Waals surface area contributed by atoms with E-state index in [4.69, 9.17) is 21.2 Å². The van der Waals surface area contributed by atoms with Crippen LogP contribution in [0, 0.1) is 0 Å². The fourth-order valence-corrected chi connectivity index (χ4v) is 7.23. The Morgan fingerprint density at radius 2 is 1.78 bits per heavy atom. The van der Waals surface area contributed by atoms with Crippen LogP contribution in [0.5, 0.6) is 5.75 Å². The molecule has 3 aromatic carbocycles. The summed E-state index contributed by atoms with van der Waals surface area (Å²) >= 11 is 6.23. The molecule has 2 amide bonds. The van der Waals surface area contributed by atoms with Gasteiger partial charge in [0.25, 0.3) is 11.8 Å². The van der Waals surface area contributed by atoms with Gasteiger partial charge in [0.15, 0.2) is 0 Å². The smallest absolute Gasteiger partial charge is 0.335 e. The second-order valence-corrected chi connectivity index (χ2v) is 13.5. The number of ether oxygens (including phenoxy) is 1. The molecule has 5 rings (SSSR count). The van der Waals surface area contributed by atoms with Crippen molar-refractivity contribution in [1.82, 2.24) is 15.1 Å². The Hall–Kier alpha value is -3.97. The maximum Gasteiger partial charge on any atom is 0.335 e. The molecule has 45 heavy (non-hydrogen) atoms. The fraction of sp³-hybridized carbons (Fsp3) is 0.344. The number of hydrogen-bond donors (Lipinski definition) is 3. The van der Waals surface area contributed by atoms with E-state index in [1.54, 1.807) is 59.5 Å². The average Bonchev–Trinajstić information content (AvgIpc) is 3.01. The zero-order valence-electron chi connectivity index (χ0n) is 24.7. The van der Waals surface area contributed by atoms with Crippen LogP contribution >= 0.6 is 11.6 Å². The molecule has 1 unspecified atom stereocenters. The van der Waals surface area contributed by atoms with E-state index < -0.39 is 45.9 Å². The van der Waals surface area contributed by atoms with Gasteiger partial charge in [-0.05, 0) is 72.0 Å². The van der Waals surface area contributed by atoms with E-state index in [2.05, 4.69) is 10.2 Å². The van der Waals surface area contributed by atoms with Crippen LogP contribution in [0.15, 0.2) is 66.7 Å². The molecule has 238 valence electrons. The molecule has 1 fully saturated rings.